The summed E-state index contributed by atoms with van der Waals surface area (Å²) in [4.78, 5) is 14.2. The zero-order valence-electron chi connectivity index (χ0n) is 13.2. The molecule has 0 atom stereocenters. The molecule has 0 radical (unpaired) electrons. The monoisotopic (exact) mass is 362 g/mol. The second-order valence-corrected chi connectivity index (χ2v) is 5.26. The van der Waals surface area contributed by atoms with Crippen molar-refractivity contribution >= 4 is 5.91 Å². The Morgan fingerprint density at radius 2 is 1.73 bits per heavy atom. The Balaban J connectivity index is 0.00000242. The number of nitrogens with zero attached hydrogens (tertiary/aromatic N) is 2. The summed E-state index contributed by atoms with van der Waals surface area (Å²) < 4.78 is 2.06. The minimum atomic E-state index is 0. The van der Waals surface area contributed by atoms with E-state index in [-0.39, 0.29) is 22.9 Å². The molecule has 3 nitrogen and oxygen atoms in total. The molecule has 0 spiro atoms. The predicted octanol–water partition coefficient (Wildman–Crippen LogP) is -0.275. The van der Waals surface area contributed by atoms with Crippen LogP contribution in [0.1, 0.15) is 24.5 Å². The van der Waals surface area contributed by atoms with Gasteiger partial charge in [-0.25, -0.2) is 4.57 Å². The number of hydrogen-bond acceptors (Lipinski definition) is 1. The highest BCUT2D eigenvalue weighted by Gasteiger charge is 2.14. The minimum absolute atomic E-state index is 0. The van der Waals surface area contributed by atoms with Crippen LogP contribution >= 0.6 is 0 Å². The molecule has 1 heterocycles. The zero-order chi connectivity index (χ0) is 15.1. The lowest BCUT2D eigenvalue weighted by molar-refractivity contribution is -0.696. The summed E-state index contributed by atoms with van der Waals surface area (Å²) in [6.07, 6.45) is 4.58. The molecular weight excluding hydrogens is 340 g/mol. The van der Waals surface area contributed by atoms with Crippen LogP contribution < -0.4 is 21.5 Å². The first-order valence-corrected chi connectivity index (χ1v) is 7.46. The quantitative estimate of drug-likeness (QED) is 0.649. The normalized spacial score (nSPS) is 9.91. The van der Waals surface area contributed by atoms with Gasteiger partial charge in [-0.05, 0) is 25.0 Å². The number of benzene rings is 1. The molecule has 4 heteroatoms. The van der Waals surface area contributed by atoms with Crippen molar-refractivity contribution in [2.24, 2.45) is 0 Å². The molecule has 0 aliphatic heterocycles. The number of aromatic nitrogens is 1. The van der Waals surface area contributed by atoms with E-state index >= 15 is 0 Å². The van der Waals surface area contributed by atoms with E-state index in [0.29, 0.717) is 13.0 Å². The van der Waals surface area contributed by atoms with Gasteiger partial charge in [0.1, 0.15) is 0 Å². The highest BCUT2D eigenvalue weighted by atomic mass is 79.9. The Hall–Kier alpha value is -1.68. The maximum absolute atomic E-state index is 12.3. The molecule has 118 valence electrons. The second kappa shape index (κ2) is 9.36. The number of carbonyl (C=O) groups excluding carboxylic acids is 1. The fourth-order valence-corrected chi connectivity index (χ4v) is 2.24. The molecule has 22 heavy (non-hydrogen) atoms. The smallest absolute Gasteiger partial charge is 0.229 e. The van der Waals surface area contributed by atoms with Crippen LogP contribution in [0.15, 0.2) is 54.9 Å². The van der Waals surface area contributed by atoms with Crippen molar-refractivity contribution in [3.8, 4) is 0 Å². The third-order valence-electron chi connectivity index (χ3n) is 3.59. The molecule has 0 N–H and O–H groups in total. The van der Waals surface area contributed by atoms with Crippen molar-refractivity contribution in [3.63, 3.8) is 0 Å². The van der Waals surface area contributed by atoms with Gasteiger partial charge in [0, 0.05) is 25.2 Å². The third-order valence-corrected chi connectivity index (χ3v) is 3.59. The number of amides is 1. The highest BCUT2D eigenvalue weighted by molar-refractivity contribution is 5.75. The van der Waals surface area contributed by atoms with Crippen LogP contribution in [-0.2, 0) is 17.9 Å². The van der Waals surface area contributed by atoms with E-state index in [1.54, 1.807) is 0 Å². The zero-order valence-corrected chi connectivity index (χ0v) is 14.8. The largest absolute Gasteiger partial charge is 1.00 e. The Labute approximate surface area is 143 Å². The lowest BCUT2D eigenvalue weighted by Crippen LogP contribution is -3.00. The van der Waals surface area contributed by atoms with E-state index in [1.807, 2.05) is 42.4 Å². The van der Waals surface area contributed by atoms with Gasteiger partial charge >= 0.3 is 0 Å². The Morgan fingerprint density at radius 1 is 1.09 bits per heavy atom. The van der Waals surface area contributed by atoms with Gasteiger partial charge in [-0.2, -0.15) is 0 Å². The first kappa shape index (κ1) is 18.4. The summed E-state index contributed by atoms with van der Waals surface area (Å²) in [5.74, 6) is 0.203. The molecule has 0 fully saturated rings. The summed E-state index contributed by atoms with van der Waals surface area (Å²) in [5, 5.41) is 0. The summed E-state index contributed by atoms with van der Waals surface area (Å²) >= 11 is 0. The SMILES string of the molecule is CCN(Cc1ccccc1)C(=O)CC[n+]1ccc(C)cc1.[Br-]. The van der Waals surface area contributed by atoms with Crippen molar-refractivity contribution in [1.29, 1.82) is 0 Å². The van der Waals surface area contributed by atoms with Crippen LogP contribution in [0.2, 0.25) is 0 Å². The number of pyridine rings is 1. The summed E-state index contributed by atoms with van der Waals surface area (Å²) in [5.41, 5.74) is 2.41. The van der Waals surface area contributed by atoms with Crippen LogP contribution in [0.25, 0.3) is 0 Å². The van der Waals surface area contributed by atoms with Gasteiger partial charge in [-0.15, -0.1) is 0 Å². The average Bonchev–Trinajstić information content (AvgIpc) is 2.52. The minimum Gasteiger partial charge on any atom is -1.00 e. The molecule has 2 aromatic rings. The lowest BCUT2D eigenvalue weighted by Gasteiger charge is -2.20. The van der Waals surface area contributed by atoms with Gasteiger partial charge in [0.05, 0.1) is 6.42 Å². The van der Waals surface area contributed by atoms with E-state index in [1.165, 1.54) is 11.1 Å². The molecule has 0 unspecified atom stereocenters. The Kier molecular flexibility index (Phi) is 7.82. The van der Waals surface area contributed by atoms with Crippen molar-refractivity contribution in [2.45, 2.75) is 33.4 Å². The molecule has 0 aliphatic rings. The van der Waals surface area contributed by atoms with Gasteiger partial charge in [-0.1, -0.05) is 30.3 Å². The van der Waals surface area contributed by atoms with Gasteiger partial charge in [0.2, 0.25) is 5.91 Å². The number of carbonyl (C=O) groups is 1. The molecule has 2 rings (SSSR count). The standard InChI is InChI=1S/C18H23N2O.BrH/c1-3-20(15-17-7-5-4-6-8-17)18(21)11-14-19-12-9-16(2)10-13-19;/h4-10,12-13H,3,11,14-15H2,1-2H3;1H/q+1;/p-1. The maximum Gasteiger partial charge on any atom is 0.229 e. The fourth-order valence-electron chi connectivity index (χ4n) is 2.24. The van der Waals surface area contributed by atoms with E-state index in [2.05, 4.69) is 35.8 Å². The third kappa shape index (κ3) is 5.60. The maximum atomic E-state index is 12.3. The van der Waals surface area contributed by atoms with Crippen molar-refractivity contribution in [3.05, 3.63) is 66.0 Å². The summed E-state index contributed by atoms with van der Waals surface area (Å²) in [7, 11) is 0. The van der Waals surface area contributed by atoms with Gasteiger partial charge < -0.3 is 21.9 Å². The first-order valence-electron chi connectivity index (χ1n) is 7.46. The van der Waals surface area contributed by atoms with Crippen molar-refractivity contribution in [1.82, 2.24) is 4.90 Å². The average molecular weight is 363 g/mol. The molecule has 1 aromatic heterocycles. The van der Waals surface area contributed by atoms with Crippen molar-refractivity contribution in [2.75, 3.05) is 6.54 Å². The van der Waals surface area contributed by atoms with Gasteiger partial charge in [0.15, 0.2) is 18.9 Å². The van der Waals surface area contributed by atoms with E-state index in [0.717, 1.165) is 13.1 Å². The van der Waals surface area contributed by atoms with Crippen LogP contribution in [0.5, 0.6) is 0 Å². The summed E-state index contributed by atoms with van der Waals surface area (Å²) in [6.45, 7) is 6.25. The topological polar surface area (TPSA) is 24.2 Å². The number of halogens is 1. The van der Waals surface area contributed by atoms with Gasteiger partial charge in [0.25, 0.3) is 0 Å². The Bertz CT molecular complexity index is 569. The van der Waals surface area contributed by atoms with Crippen LogP contribution in [-0.4, -0.2) is 17.4 Å². The van der Waals surface area contributed by atoms with E-state index in [9.17, 15) is 4.79 Å². The molecule has 0 aliphatic carbocycles. The fraction of sp³-hybridized carbons (Fsp3) is 0.333. The molecule has 0 saturated carbocycles. The molecular formula is C18H23BrN2O. The first-order chi connectivity index (χ1) is 10.2. The Morgan fingerprint density at radius 3 is 2.32 bits per heavy atom. The lowest BCUT2D eigenvalue weighted by atomic mass is 10.2. The number of aryl methyl sites for hydroxylation is 2. The number of rotatable bonds is 6. The molecule has 1 aromatic carbocycles. The van der Waals surface area contributed by atoms with Crippen LogP contribution in [0.4, 0.5) is 0 Å². The molecule has 0 saturated heterocycles. The van der Waals surface area contributed by atoms with E-state index < -0.39 is 0 Å². The molecule has 1 amide bonds. The predicted molar refractivity (Wildman–Crippen MR) is 83.5 cm³/mol. The van der Waals surface area contributed by atoms with Gasteiger partial charge in [-0.3, -0.25) is 4.79 Å². The molecule has 0 bridgehead atoms. The van der Waals surface area contributed by atoms with Crippen LogP contribution in [0.3, 0.4) is 0 Å². The van der Waals surface area contributed by atoms with Crippen molar-refractivity contribution < 1.29 is 26.3 Å². The highest BCUT2D eigenvalue weighted by Crippen LogP contribution is 2.06. The van der Waals surface area contributed by atoms with Crippen LogP contribution in [0, 0.1) is 6.92 Å². The van der Waals surface area contributed by atoms with E-state index in [4.69, 9.17) is 0 Å². The second-order valence-electron chi connectivity index (χ2n) is 5.26. The summed E-state index contributed by atoms with van der Waals surface area (Å²) in [6, 6.07) is 14.3. The number of hydrogen-bond donors (Lipinski definition) is 0.